The van der Waals surface area contributed by atoms with E-state index in [4.69, 9.17) is 0 Å². The smallest absolute Gasteiger partial charge is 0.255 e. The van der Waals surface area contributed by atoms with Gasteiger partial charge in [0, 0.05) is 31.1 Å². The molecule has 0 saturated heterocycles. The Morgan fingerprint density at radius 2 is 1.76 bits per heavy atom. The van der Waals surface area contributed by atoms with Crippen LogP contribution in [-0.4, -0.2) is 39.0 Å². The molecule has 1 N–H and O–H groups in total. The molecular weight excluding hydrogens is 356 g/mol. The highest BCUT2D eigenvalue weighted by atomic mass is 32.2. The number of rotatable bonds is 6. The van der Waals surface area contributed by atoms with Crippen molar-refractivity contribution in [2.24, 2.45) is 0 Å². The second-order valence-electron chi connectivity index (χ2n) is 5.85. The Labute approximate surface area is 153 Å². The van der Waals surface area contributed by atoms with E-state index in [-0.39, 0.29) is 10.8 Å². The number of sulfonamides is 1. The van der Waals surface area contributed by atoms with Crippen LogP contribution in [0.3, 0.4) is 0 Å². The Bertz CT molecular complexity index is 860. The van der Waals surface area contributed by atoms with Gasteiger partial charge in [0.05, 0.1) is 4.90 Å². The SMILES string of the molecule is CSCc1ccc(C(=O)Nc2ccc(C)c(S(=O)(=O)N(C)C)c2)cc1. The third-order valence-electron chi connectivity index (χ3n) is 3.73. The van der Waals surface area contributed by atoms with Crippen LogP contribution in [0.25, 0.3) is 0 Å². The predicted molar refractivity (Wildman–Crippen MR) is 104 cm³/mol. The highest BCUT2D eigenvalue weighted by Gasteiger charge is 2.20. The normalized spacial score (nSPS) is 11.6. The number of anilines is 1. The fourth-order valence-corrected chi connectivity index (χ4v) is 3.94. The average molecular weight is 379 g/mol. The molecule has 1 amide bonds. The molecule has 2 rings (SSSR count). The fraction of sp³-hybridized carbons (Fsp3) is 0.278. The molecule has 0 radical (unpaired) electrons. The number of benzene rings is 2. The summed E-state index contributed by atoms with van der Waals surface area (Å²) in [5.74, 6) is 0.624. The minimum Gasteiger partial charge on any atom is -0.322 e. The number of hydrogen-bond donors (Lipinski definition) is 1. The molecule has 0 aliphatic heterocycles. The molecule has 0 unspecified atom stereocenters. The summed E-state index contributed by atoms with van der Waals surface area (Å²) in [7, 11) is -0.598. The lowest BCUT2D eigenvalue weighted by atomic mass is 10.1. The first kappa shape index (κ1) is 19.5. The van der Waals surface area contributed by atoms with E-state index in [9.17, 15) is 13.2 Å². The molecule has 0 aliphatic rings. The van der Waals surface area contributed by atoms with Crippen molar-refractivity contribution in [2.45, 2.75) is 17.6 Å². The van der Waals surface area contributed by atoms with Gasteiger partial charge in [-0.05, 0) is 48.6 Å². The van der Waals surface area contributed by atoms with Gasteiger partial charge in [-0.15, -0.1) is 0 Å². The zero-order valence-corrected chi connectivity index (χ0v) is 16.4. The molecule has 0 fully saturated rings. The predicted octanol–water partition coefficient (Wildman–Crippen LogP) is 3.36. The lowest BCUT2D eigenvalue weighted by Gasteiger charge is -2.15. The second kappa shape index (κ2) is 8.03. The summed E-state index contributed by atoms with van der Waals surface area (Å²) in [6, 6.07) is 12.3. The lowest BCUT2D eigenvalue weighted by Crippen LogP contribution is -2.23. The van der Waals surface area contributed by atoms with Crippen LogP contribution in [0.15, 0.2) is 47.4 Å². The van der Waals surface area contributed by atoms with Gasteiger partial charge in [-0.3, -0.25) is 4.79 Å². The molecule has 0 aromatic heterocycles. The molecule has 2 aromatic rings. The Morgan fingerprint density at radius 1 is 1.12 bits per heavy atom. The van der Waals surface area contributed by atoms with Crippen LogP contribution in [0, 0.1) is 6.92 Å². The van der Waals surface area contributed by atoms with Gasteiger partial charge in [0.25, 0.3) is 5.91 Å². The second-order valence-corrected chi connectivity index (χ2v) is 8.84. The summed E-state index contributed by atoms with van der Waals surface area (Å²) >= 11 is 1.72. The standard InChI is InChI=1S/C18H22N2O3S2/c1-13-5-10-16(11-17(13)25(22,23)20(2)3)19-18(21)15-8-6-14(7-9-15)12-24-4/h5-11H,12H2,1-4H3,(H,19,21). The summed E-state index contributed by atoms with van der Waals surface area (Å²) in [6.07, 6.45) is 2.03. The Morgan fingerprint density at radius 3 is 2.32 bits per heavy atom. The fourth-order valence-electron chi connectivity index (χ4n) is 2.27. The molecule has 5 nitrogen and oxygen atoms in total. The van der Waals surface area contributed by atoms with Gasteiger partial charge >= 0.3 is 0 Å². The van der Waals surface area contributed by atoms with Crippen molar-refractivity contribution >= 4 is 33.4 Å². The van der Waals surface area contributed by atoms with Crippen LogP contribution in [0.4, 0.5) is 5.69 Å². The molecule has 25 heavy (non-hydrogen) atoms. The Kier molecular flexibility index (Phi) is 6.26. The van der Waals surface area contributed by atoms with Crippen LogP contribution in [0.2, 0.25) is 0 Å². The molecule has 7 heteroatoms. The topological polar surface area (TPSA) is 66.5 Å². The minimum atomic E-state index is -3.56. The number of amides is 1. The van der Waals surface area contributed by atoms with Gasteiger partial charge in [0.15, 0.2) is 0 Å². The zero-order valence-electron chi connectivity index (χ0n) is 14.7. The molecule has 0 saturated carbocycles. The molecular formula is C18H22N2O3S2. The van der Waals surface area contributed by atoms with E-state index in [2.05, 4.69) is 5.32 Å². The first-order chi connectivity index (χ1) is 11.8. The third kappa shape index (κ3) is 4.62. The monoisotopic (exact) mass is 378 g/mol. The van der Waals surface area contributed by atoms with Crippen LogP contribution in [0.5, 0.6) is 0 Å². The van der Waals surface area contributed by atoms with Crippen molar-refractivity contribution in [3.63, 3.8) is 0 Å². The molecule has 0 atom stereocenters. The summed E-state index contributed by atoms with van der Waals surface area (Å²) in [5, 5.41) is 2.76. The van der Waals surface area contributed by atoms with Crippen molar-refractivity contribution in [1.82, 2.24) is 4.31 Å². The van der Waals surface area contributed by atoms with Crippen LogP contribution < -0.4 is 5.32 Å². The highest BCUT2D eigenvalue weighted by molar-refractivity contribution is 7.97. The third-order valence-corrected chi connectivity index (χ3v) is 6.31. The van der Waals surface area contributed by atoms with Crippen molar-refractivity contribution in [1.29, 1.82) is 0 Å². The van der Waals surface area contributed by atoms with Crippen LogP contribution in [-0.2, 0) is 15.8 Å². The number of nitrogens with zero attached hydrogens (tertiary/aromatic N) is 1. The van der Waals surface area contributed by atoms with E-state index in [1.54, 1.807) is 43.0 Å². The maximum atomic E-state index is 12.4. The highest BCUT2D eigenvalue weighted by Crippen LogP contribution is 2.23. The van der Waals surface area contributed by atoms with Crippen LogP contribution >= 0.6 is 11.8 Å². The van der Waals surface area contributed by atoms with E-state index >= 15 is 0 Å². The van der Waals surface area contributed by atoms with E-state index in [0.717, 1.165) is 15.6 Å². The first-order valence-corrected chi connectivity index (χ1v) is 10.5. The van der Waals surface area contributed by atoms with Gasteiger partial charge in [-0.1, -0.05) is 18.2 Å². The molecule has 0 aliphatic carbocycles. The number of aryl methyl sites for hydroxylation is 1. The van der Waals surface area contributed by atoms with Gasteiger partial charge in [0.1, 0.15) is 0 Å². The quantitative estimate of drug-likeness (QED) is 0.837. The van der Waals surface area contributed by atoms with Crippen molar-refractivity contribution < 1.29 is 13.2 Å². The molecule has 0 bridgehead atoms. The Balaban J connectivity index is 2.24. The number of carbonyl (C=O) groups excluding carboxylic acids is 1. The number of hydrogen-bond acceptors (Lipinski definition) is 4. The molecule has 2 aromatic carbocycles. The maximum Gasteiger partial charge on any atom is 0.255 e. The summed E-state index contributed by atoms with van der Waals surface area (Å²) in [5.41, 5.74) is 2.76. The van der Waals surface area contributed by atoms with Crippen molar-refractivity contribution in [3.8, 4) is 0 Å². The molecule has 0 spiro atoms. The number of thioether (sulfide) groups is 1. The van der Waals surface area contributed by atoms with Crippen LogP contribution in [0.1, 0.15) is 21.5 Å². The summed E-state index contributed by atoms with van der Waals surface area (Å²) < 4.78 is 25.9. The summed E-state index contributed by atoms with van der Waals surface area (Å²) in [6.45, 7) is 1.73. The lowest BCUT2D eigenvalue weighted by molar-refractivity contribution is 0.102. The van der Waals surface area contributed by atoms with Crippen molar-refractivity contribution in [3.05, 3.63) is 59.2 Å². The first-order valence-electron chi connectivity index (χ1n) is 7.68. The maximum absolute atomic E-state index is 12.4. The van der Waals surface area contributed by atoms with Gasteiger partial charge in [-0.25, -0.2) is 12.7 Å². The summed E-state index contributed by atoms with van der Waals surface area (Å²) in [4.78, 5) is 12.6. The number of carbonyl (C=O) groups is 1. The van der Waals surface area contributed by atoms with E-state index in [0.29, 0.717) is 16.8 Å². The molecule has 0 heterocycles. The van der Waals surface area contributed by atoms with E-state index in [1.807, 2.05) is 18.4 Å². The van der Waals surface area contributed by atoms with E-state index in [1.165, 1.54) is 20.2 Å². The van der Waals surface area contributed by atoms with Gasteiger partial charge in [0.2, 0.25) is 10.0 Å². The van der Waals surface area contributed by atoms with Gasteiger partial charge in [-0.2, -0.15) is 11.8 Å². The molecule has 134 valence electrons. The Hall–Kier alpha value is -1.83. The van der Waals surface area contributed by atoms with Crippen molar-refractivity contribution in [2.75, 3.05) is 25.7 Å². The zero-order chi connectivity index (χ0) is 18.6. The van der Waals surface area contributed by atoms with Gasteiger partial charge < -0.3 is 5.32 Å². The average Bonchev–Trinajstić information content (AvgIpc) is 2.57. The van der Waals surface area contributed by atoms with E-state index < -0.39 is 10.0 Å². The largest absolute Gasteiger partial charge is 0.322 e. The number of nitrogens with one attached hydrogen (secondary N) is 1. The minimum absolute atomic E-state index is 0.186.